The zero-order chi connectivity index (χ0) is 20.4. The second kappa shape index (κ2) is 7.42. The molecule has 0 aliphatic carbocycles. The zero-order valence-electron chi connectivity index (χ0n) is 16.0. The van der Waals surface area contributed by atoms with Gasteiger partial charge >= 0.3 is 0 Å². The maximum Gasteiger partial charge on any atom is 0.240 e. The zero-order valence-corrected chi connectivity index (χ0v) is 16.0. The fourth-order valence-electron chi connectivity index (χ4n) is 3.04. The smallest absolute Gasteiger partial charge is 0.240 e. The van der Waals surface area contributed by atoms with E-state index in [2.05, 4.69) is 25.4 Å². The average molecular weight is 393 g/mol. The largest absolute Gasteiger partial charge is 0.487 e. The first-order valence-corrected chi connectivity index (χ1v) is 9.16. The standard InChI is InChI=1S/C20H19N5O4/c1-20(2)11-14(26)13-10-12(4-5-15(13)28-20)23-16(27)6-7-17-24-19(25-29-17)18-21-8-3-9-22-18/h3-5,8-10H,6-7,11H2,1-2H3,(H,23,27). The van der Waals surface area contributed by atoms with Crippen molar-refractivity contribution in [2.45, 2.75) is 38.7 Å². The predicted octanol–water partition coefficient (Wildman–Crippen LogP) is 2.84. The first-order valence-electron chi connectivity index (χ1n) is 9.16. The minimum atomic E-state index is -0.525. The lowest BCUT2D eigenvalue weighted by Gasteiger charge is -2.31. The number of carbonyl (C=O) groups is 2. The van der Waals surface area contributed by atoms with Crippen LogP contribution in [-0.4, -0.2) is 37.4 Å². The highest BCUT2D eigenvalue weighted by Crippen LogP contribution is 2.34. The summed E-state index contributed by atoms with van der Waals surface area (Å²) in [6.45, 7) is 3.74. The van der Waals surface area contributed by atoms with Gasteiger partial charge in [0.05, 0.1) is 12.0 Å². The van der Waals surface area contributed by atoms with Crippen molar-refractivity contribution in [3.63, 3.8) is 0 Å². The number of benzene rings is 1. The average Bonchev–Trinajstić information content (AvgIpc) is 3.16. The summed E-state index contributed by atoms with van der Waals surface area (Å²) >= 11 is 0. The number of fused-ring (bicyclic) bond motifs is 1. The molecule has 2 aromatic heterocycles. The quantitative estimate of drug-likeness (QED) is 0.702. The molecule has 0 spiro atoms. The Hall–Kier alpha value is -3.62. The van der Waals surface area contributed by atoms with E-state index in [1.807, 2.05) is 13.8 Å². The van der Waals surface area contributed by atoms with Gasteiger partial charge in [-0.3, -0.25) is 9.59 Å². The molecule has 0 bridgehead atoms. The van der Waals surface area contributed by atoms with Gasteiger partial charge in [0.25, 0.3) is 0 Å². The lowest BCUT2D eigenvalue weighted by Crippen LogP contribution is -2.35. The molecule has 0 fully saturated rings. The molecule has 148 valence electrons. The minimum absolute atomic E-state index is 0.00568. The third-order valence-corrected chi connectivity index (χ3v) is 4.34. The maximum absolute atomic E-state index is 12.3. The van der Waals surface area contributed by atoms with Crippen LogP contribution in [-0.2, 0) is 11.2 Å². The SMILES string of the molecule is CC1(C)CC(=O)c2cc(NC(=O)CCc3nc(-c4ncccn4)no3)ccc2O1. The molecule has 1 aromatic carbocycles. The van der Waals surface area contributed by atoms with Crippen molar-refractivity contribution in [2.24, 2.45) is 0 Å². The molecule has 0 atom stereocenters. The Morgan fingerprint density at radius 3 is 2.79 bits per heavy atom. The van der Waals surface area contributed by atoms with E-state index in [4.69, 9.17) is 9.26 Å². The molecule has 0 saturated heterocycles. The molecule has 3 heterocycles. The summed E-state index contributed by atoms with van der Waals surface area (Å²) in [5.41, 5.74) is 0.489. The van der Waals surface area contributed by atoms with E-state index in [1.54, 1.807) is 36.7 Å². The van der Waals surface area contributed by atoms with E-state index in [1.165, 1.54) is 0 Å². The van der Waals surface area contributed by atoms with Crippen molar-refractivity contribution >= 4 is 17.4 Å². The van der Waals surface area contributed by atoms with Crippen molar-refractivity contribution in [1.29, 1.82) is 0 Å². The molecule has 1 aliphatic rings. The van der Waals surface area contributed by atoms with Gasteiger partial charge in [0.2, 0.25) is 23.4 Å². The van der Waals surface area contributed by atoms with Crippen LogP contribution in [0.2, 0.25) is 0 Å². The lowest BCUT2D eigenvalue weighted by atomic mass is 9.93. The Morgan fingerprint density at radius 1 is 1.21 bits per heavy atom. The third-order valence-electron chi connectivity index (χ3n) is 4.34. The number of ether oxygens (including phenoxy) is 1. The fraction of sp³-hybridized carbons (Fsp3) is 0.300. The summed E-state index contributed by atoms with van der Waals surface area (Å²) in [4.78, 5) is 36.9. The van der Waals surface area contributed by atoms with Gasteiger partial charge in [-0.15, -0.1) is 0 Å². The van der Waals surface area contributed by atoms with Crippen molar-refractivity contribution in [1.82, 2.24) is 20.1 Å². The summed E-state index contributed by atoms with van der Waals surface area (Å²) in [5.74, 6) is 1.25. The van der Waals surface area contributed by atoms with Crippen molar-refractivity contribution in [3.8, 4) is 17.4 Å². The van der Waals surface area contributed by atoms with Gasteiger partial charge in [0.15, 0.2) is 5.78 Å². The number of nitrogens with one attached hydrogen (secondary N) is 1. The molecule has 0 radical (unpaired) electrons. The highest BCUT2D eigenvalue weighted by atomic mass is 16.5. The third kappa shape index (κ3) is 4.29. The summed E-state index contributed by atoms with van der Waals surface area (Å²) in [6.07, 6.45) is 3.88. The van der Waals surface area contributed by atoms with Crippen LogP contribution in [0.15, 0.2) is 41.2 Å². The Labute approximate surface area is 166 Å². The van der Waals surface area contributed by atoms with Gasteiger partial charge in [0, 0.05) is 30.9 Å². The van der Waals surface area contributed by atoms with E-state index in [0.717, 1.165) is 0 Å². The van der Waals surface area contributed by atoms with Crippen LogP contribution in [0, 0.1) is 0 Å². The van der Waals surface area contributed by atoms with Gasteiger partial charge < -0.3 is 14.6 Å². The molecule has 29 heavy (non-hydrogen) atoms. The summed E-state index contributed by atoms with van der Waals surface area (Å²) in [6, 6.07) is 6.75. The molecular formula is C20H19N5O4. The Kier molecular flexibility index (Phi) is 4.79. The van der Waals surface area contributed by atoms with Crippen LogP contribution in [0.25, 0.3) is 11.6 Å². The molecule has 9 heteroatoms. The van der Waals surface area contributed by atoms with Gasteiger partial charge in [0.1, 0.15) is 11.4 Å². The highest BCUT2D eigenvalue weighted by molar-refractivity contribution is 6.02. The Balaban J connectivity index is 1.37. The maximum atomic E-state index is 12.3. The van der Waals surface area contributed by atoms with Gasteiger partial charge in [-0.25, -0.2) is 9.97 Å². The number of Topliss-reactive ketones (excluding diaryl/α,β-unsaturated/α-hetero) is 1. The first-order chi connectivity index (χ1) is 13.9. The number of amides is 1. The predicted molar refractivity (Wildman–Crippen MR) is 102 cm³/mol. The fourth-order valence-corrected chi connectivity index (χ4v) is 3.04. The molecule has 1 amide bonds. The number of aromatic nitrogens is 4. The van der Waals surface area contributed by atoms with Crippen molar-refractivity contribution < 1.29 is 18.8 Å². The number of anilines is 1. The number of rotatable bonds is 5. The normalized spacial score (nSPS) is 14.8. The van der Waals surface area contributed by atoms with Gasteiger partial charge in [-0.05, 0) is 38.1 Å². The van der Waals surface area contributed by atoms with E-state index in [-0.39, 0.29) is 30.4 Å². The Morgan fingerprint density at radius 2 is 2.00 bits per heavy atom. The number of hydrogen-bond donors (Lipinski definition) is 1. The van der Waals surface area contributed by atoms with Gasteiger partial charge in [-0.1, -0.05) is 5.16 Å². The summed E-state index contributed by atoms with van der Waals surface area (Å²) in [5, 5.41) is 6.60. The second-order valence-corrected chi connectivity index (χ2v) is 7.30. The van der Waals surface area contributed by atoms with Crippen LogP contribution in [0.4, 0.5) is 5.69 Å². The first kappa shape index (κ1) is 18.7. The van der Waals surface area contributed by atoms with Crippen LogP contribution < -0.4 is 10.1 Å². The highest BCUT2D eigenvalue weighted by Gasteiger charge is 2.32. The molecule has 1 N–H and O–H groups in total. The number of aryl methyl sites for hydroxylation is 1. The van der Waals surface area contributed by atoms with Crippen LogP contribution in [0.1, 0.15) is 42.9 Å². The number of hydrogen-bond acceptors (Lipinski definition) is 8. The Bertz CT molecular complexity index is 1060. The number of carbonyl (C=O) groups excluding carboxylic acids is 2. The van der Waals surface area contributed by atoms with E-state index >= 15 is 0 Å². The molecule has 1 aliphatic heterocycles. The van der Waals surface area contributed by atoms with Crippen LogP contribution in [0.5, 0.6) is 5.75 Å². The summed E-state index contributed by atoms with van der Waals surface area (Å²) < 4.78 is 11.0. The molecule has 9 nitrogen and oxygen atoms in total. The molecular weight excluding hydrogens is 374 g/mol. The lowest BCUT2D eigenvalue weighted by molar-refractivity contribution is -0.116. The number of nitrogens with zero attached hydrogens (tertiary/aromatic N) is 4. The molecule has 0 saturated carbocycles. The van der Waals surface area contributed by atoms with Crippen LogP contribution >= 0.6 is 0 Å². The molecule has 3 aromatic rings. The van der Waals surface area contributed by atoms with E-state index in [9.17, 15) is 9.59 Å². The van der Waals surface area contributed by atoms with E-state index < -0.39 is 5.60 Å². The monoisotopic (exact) mass is 393 g/mol. The van der Waals surface area contributed by atoms with Crippen LogP contribution in [0.3, 0.4) is 0 Å². The topological polar surface area (TPSA) is 120 Å². The molecule has 0 unspecified atom stereocenters. The van der Waals surface area contributed by atoms with Crippen molar-refractivity contribution in [3.05, 3.63) is 48.1 Å². The van der Waals surface area contributed by atoms with Crippen molar-refractivity contribution in [2.75, 3.05) is 5.32 Å². The van der Waals surface area contributed by atoms with Gasteiger partial charge in [-0.2, -0.15) is 4.98 Å². The minimum Gasteiger partial charge on any atom is -0.487 e. The second-order valence-electron chi connectivity index (χ2n) is 7.30. The van der Waals surface area contributed by atoms with E-state index in [0.29, 0.717) is 35.1 Å². The molecule has 4 rings (SSSR count). The number of ketones is 1. The summed E-state index contributed by atoms with van der Waals surface area (Å²) in [7, 11) is 0.